The van der Waals surface area contributed by atoms with Gasteiger partial charge >= 0.3 is 6.09 Å². The van der Waals surface area contributed by atoms with Crippen molar-refractivity contribution in [3.05, 3.63) is 0 Å². The number of aliphatic hydroxyl groups excluding tert-OH is 1. The lowest BCUT2D eigenvalue weighted by atomic mass is 10.2. The van der Waals surface area contributed by atoms with Gasteiger partial charge in [0.15, 0.2) is 0 Å². The van der Waals surface area contributed by atoms with Crippen LogP contribution in [-0.2, 0) is 4.74 Å². The van der Waals surface area contributed by atoms with Crippen molar-refractivity contribution in [1.82, 2.24) is 4.90 Å². The summed E-state index contributed by atoms with van der Waals surface area (Å²) in [5.41, 5.74) is -0.464. The SMILES string of the molecule is CC(O)CCCN(C(=O)OC(C)(C)C)C(C)C. The minimum Gasteiger partial charge on any atom is -0.444 e. The molecule has 0 fully saturated rings. The summed E-state index contributed by atoms with van der Waals surface area (Å²) in [6.45, 7) is 11.9. The zero-order valence-electron chi connectivity index (χ0n) is 12.0. The van der Waals surface area contributed by atoms with Crippen LogP contribution in [0, 0.1) is 0 Å². The van der Waals surface area contributed by atoms with Gasteiger partial charge in [0.1, 0.15) is 5.60 Å². The Hall–Kier alpha value is -0.770. The Morgan fingerprint density at radius 3 is 2.18 bits per heavy atom. The predicted molar refractivity (Wildman–Crippen MR) is 69.0 cm³/mol. The zero-order valence-corrected chi connectivity index (χ0v) is 12.0. The Bertz CT molecular complexity index is 231. The van der Waals surface area contributed by atoms with Gasteiger partial charge < -0.3 is 14.7 Å². The number of hydrogen-bond acceptors (Lipinski definition) is 3. The van der Waals surface area contributed by atoms with Crippen molar-refractivity contribution < 1.29 is 14.6 Å². The first-order valence-corrected chi connectivity index (χ1v) is 6.31. The van der Waals surface area contributed by atoms with Crippen LogP contribution >= 0.6 is 0 Å². The molecule has 0 rings (SSSR count). The second kappa shape index (κ2) is 6.84. The van der Waals surface area contributed by atoms with E-state index >= 15 is 0 Å². The van der Waals surface area contributed by atoms with Gasteiger partial charge in [-0.3, -0.25) is 0 Å². The summed E-state index contributed by atoms with van der Waals surface area (Å²) < 4.78 is 5.34. The lowest BCUT2D eigenvalue weighted by Crippen LogP contribution is -2.41. The van der Waals surface area contributed by atoms with Crippen LogP contribution in [0.5, 0.6) is 0 Å². The molecule has 0 aromatic carbocycles. The van der Waals surface area contributed by atoms with E-state index in [1.807, 2.05) is 34.6 Å². The van der Waals surface area contributed by atoms with Crippen LogP contribution < -0.4 is 0 Å². The highest BCUT2D eigenvalue weighted by Crippen LogP contribution is 2.13. The first-order chi connectivity index (χ1) is 7.63. The first-order valence-electron chi connectivity index (χ1n) is 6.31. The first kappa shape index (κ1) is 16.2. The number of carbonyl (C=O) groups excluding carboxylic acids is 1. The number of nitrogens with zero attached hydrogens (tertiary/aromatic N) is 1. The fourth-order valence-corrected chi connectivity index (χ4v) is 1.44. The monoisotopic (exact) mass is 245 g/mol. The van der Waals surface area contributed by atoms with Crippen LogP contribution in [-0.4, -0.2) is 40.4 Å². The molecule has 0 radical (unpaired) electrons. The van der Waals surface area contributed by atoms with Gasteiger partial charge in [0.05, 0.1) is 6.10 Å². The summed E-state index contributed by atoms with van der Waals surface area (Å²) in [7, 11) is 0. The number of hydrogen-bond donors (Lipinski definition) is 1. The molecule has 0 aliphatic carbocycles. The molecule has 0 saturated heterocycles. The van der Waals surface area contributed by atoms with Gasteiger partial charge in [-0.15, -0.1) is 0 Å². The van der Waals surface area contributed by atoms with E-state index < -0.39 is 5.60 Å². The quantitative estimate of drug-likeness (QED) is 0.810. The Kier molecular flexibility index (Phi) is 6.53. The van der Waals surface area contributed by atoms with Crippen LogP contribution in [0.4, 0.5) is 4.79 Å². The molecule has 0 saturated carbocycles. The normalized spacial score (nSPS) is 13.6. The lowest BCUT2D eigenvalue weighted by molar-refractivity contribution is 0.0180. The third-order valence-electron chi connectivity index (χ3n) is 2.27. The van der Waals surface area contributed by atoms with E-state index in [9.17, 15) is 9.90 Å². The maximum absolute atomic E-state index is 11.9. The van der Waals surface area contributed by atoms with E-state index in [1.165, 1.54) is 0 Å². The fourth-order valence-electron chi connectivity index (χ4n) is 1.44. The molecule has 102 valence electrons. The third kappa shape index (κ3) is 8.02. The van der Waals surface area contributed by atoms with E-state index in [0.29, 0.717) is 13.0 Å². The van der Waals surface area contributed by atoms with Crippen molar-refractivity contribution in [2.75, 3.05) is 6.54 Å². The van der Waals surface area contributed by atoms with Crippen molar-refractivity contribution in [1.29, 1.82) is 0 Å². The molecule has 17 heavy (non-hydrogen) atoms. The molecule has 4 heteroatoms. The number of rotatable bonds is 5. The molecule has 1 atom stereocenters. The maximum Gasteiger partial charge on any atom is 0.410 e. The summed E-state index contributed by atoms with van der Waals surface area (Å²) in [6, 6.07) is 0.110. The highest BCUT2D eigenvalue weighted by atomic mass is 16.6. The van der Waals surface area contributed by atoms with Gasteiger partial charge in [-0.1, -0.05) is 0 Å². The Morgan fingerprint density at radius 2 is 1.82 bits per heavy atom. The number of carbonyl (C=O) groups is 1. The van der Waals surface area contributed by atoms with Crippen molar-refractivity contribution in [2.45, 2.75) is 72.1 Å². The highest BCUT2D eigenvalue weighted by molar-refractivity contribution is 5.68. The van der Waals surface area contributed by atoms with E-state index in [0.717, 1.165) is 6.42 Å². The molecule has 1 unspecified atom stereocenters. The van der Waals surface area contributed by atoms with Gasteiger partial charge in [-0.2, -0.15) is 0 Å². The number of ether oxygens (including phenoxy) is 1. The lowest BCUT2D eigenvalue weighted by Gasteiger charge is -2.30. The Labute approximate surface area is 105 Å². The van der Waals surface area contributed by atoms with Crippen molar-refractivity contribution in [3.8, 4) is 0 Å². The zero-order chi connectivity index (χ0) is 13.6. The third-order valence-corrected chi connectivity index (χ3v) is 2.27. The molecule has 0 aromatic heterocycles. The van der Waals surface area contributed by atoms with Gasteiger partial charge in [-0.25, -0.2) is 4.79 Å². The molecule has 0 spiro atoms. The van der Waals surface area contributed by atoms with E-state index in [-0.39, 0.29) is 18.2 Å². The Balaban J connectivity index is 4.28. The summed E-state index contributed by atoms with van der Waals surface area (Å²) in [5, 5.41) is 9.19. The van der Waals surface area contributed by atoms with Crippen LogP contribution in [0.3, 0.4) is 0 Å². The van der Waals surface area contributed by atoms with Gasteiger partial charge in [0, 0.05) is 12.6 Å². The predicted octanol–water partition coefficient (Wildman–Crippen LogP) is 2.79. The summed E-state index contributed by atoms with van der Waals surface area (Å²) >= 11 is 0. The minimum atomic E-state index is -0.464. The summed E-state index contributed by atoms with van der Waals surface area (Å²) in [5.74, 6) is 0. The van der Waals surface area contributed by atoms with Gasteiger partial charge in [0.25, 0.3) is 0 Å². The molecule has 0 heterocycles. The minimum absolute atomic E-state index is 0.110. The molecule has 4 nitrogen and oxygen atoms in total. The van der Waals surface area contributed by atoms with Crippen molar-refractivity contribution in [3.63, 3.8) is 0 Å². The van der Waals surface area contributed by atoms with Crippen molar-refractivity contribution >= 4 is 6.09 Å². The topological polar surface area (TPSA) is 49.8 Å². The van der Waals surface area contributed by atoms with E-state index in [1.54, 1.807) is 11.8 Å². The van der Waals surface area contributed by atoms with Crippen LogP contribution in [0.2, 0.25) is 0 Å². The average molecular weight is 245 g/mol. The smallest absolute Gasteiger partial charge is 0.410 e. The molecule has 1 amide bonds. The molecular formula is C13H27NO3. The molecule has 0 aliphatic heterocycles. The maximum atomic E-state index is 11.9. The van der Waals surface area contributed by atoms with Crippen LogP contribution in [0.1, 0.15) is 54.4 Å². The molecule has 0 aliphatic rings. The average Bonchev–Trinajstić information content (AvgIpc) is 2.07. The van der Waals surface area contributed by atoms with E-state index in [2.05, 4.69) is 0 Å². The Morgan fingerprint density at radius 1 is 1.29 bits per heavy atom. The summed E-state index contributed by atoms with van der Waals surface area (Å²) in [4.78, 5) is 13.6. The molecular weight excluding hydrogens is 218 g/mol. The number of amides is 1. The molecule has 1 N–H and O–H groups in total. The molecule has 0 aromatic rings. The fraction of sp³-hybridized carbons (Fsp3) is 0.923. The second-order valence-corrected chi connectivity index (χ2v) is 5.76. The highest BCUT2D eigenvalue weighted by Gasteiger charge is 2.23. The molecule has 0 bridgehead atoms. The van der Waals surface area contributed by atoms with Crippen LogP contribution in [0.25, 0.3) is 0 Å². The van der Waals surface area contributed by atoms with Gasteiger partial charge in [-0.05, 0) is 54.4 Å². The summed E-state index contributed by atoms with van der Waals surface area (Å²) in [6.07, 6.45) is 0.891. The second-order valence-electron chi connectivity index (χ2n) is 5.76. The van der Waals surface area contributed by atoms with Gasteiger partial charge in [0.2, 0.25) is 0 Å². The van der Waals surface area contributed by atoms with Crippen molar-refractivity contribution in [2.24, 2.45) is 0 Å². The standard InChI is InChI=1S/C13H27NO3/c1-10(2)14(9-7-8-11(3)15)12(16)17-13(4,5)6/h10-11,15H,7-9H2,1-6H3. The number of aliphatic hydroxyl groups is 1. The van der Waals surface area contributed by atoms with E-state index in [4.69, 9.17) is 4.74 Å². The largest absolute Gasteiger partial charge is 0.444 e. The van der Waals surface area contributed by atoms with Crippen LogP contribution in [0.15, 0.2) is 0 Å².